The molecule has 0 aromatic heterocycles. The van der Waals surface area contributed by atoms with Crippen LogP contribution < -0.4 is 0 Å². The number of alkyl halides is 5. The van der Waals surface area contributed by atoms with Crippen LogP contribution in [-0.2, 0) is 5.92 Å². The molecule has 15 heavy (non-hydrogen) atoms. The summed E-state index contributed by atoms with van der Waals surface area (Å²) in [7, 11) is 0. The Kier molecular flexibility index (Phi) is 2.91. The summed E-state index contributed by atoms with van der Waals surface area (Å²) in [5, 5.41) is -1.02. The SMILES string of the molecule is Fc1c[c]cc(Cl)c1C(F)(F)C(F)(F)F. The molecule has 0 bridgehead atoms. The molecule has 1 aromatic carbocycles. The van der Waals surface area contributed by atoms with Gasteiger partial charge in [0.15, 0.2) is 0 Å². The van der Waals surface area contributed by atoms with Crippen molar-refractivity contribution < 1.29 is 26.3 Å². The molecule has 0 fully saturated rings. The quantitative estimate of drug-likeness (QED) is 0.660. The van der Waals surface area contributed by atoms with Crippen molar-refractivity contribution in [2.24, 2.45) is 0 Å². The normalized spacial score (nSPS) is 13.0. The fourth-order valence-electron chi connectivity index (χ4n) is 0.888. The summed E-state index contributed by atoms with van der Waals surface area (Å²) in [6, 6.07) is 2.99. The van der Waals surface area contributed by atoms with Gasteiger partial charge in [0.1, 0.15) is 5.82 Å². The molecule has 0 saturated heterocycles. The predicted molar refractivity (Wildman–Crippen MR) is 40.2 cm³/mol. The van der Waals surface area contributed by atoms with Gasteiger partial charge in [-0.05, 0) is 18.2 Å². The summed E-state index contributed by atoms with van der Waals surface area (Å²) < 4.78 is 73.9. The van der Waals surface area contributed by atoms with Crippen molar-refractivity contribution in [3.63, 3.8) is 0 Å². The van der Waals surface area contributed by atoms with E-state index in [2.05, 4.69) is 0 Å². The Morgan fingerprint density at radius 3 is 2.00 bits per heavy atom. The minimum Gasteiger partial charge on any atom is -0.206 e. The lowest BCUT2D eigenvalue weighted by atomic mass is 10.1. The topological polar surface area (TPSA) is 0 Å². The van der Waals surface area contributed by atoms with E-state index in [1.807, 2.05) is 6.07 Å². The van der Waals surface area contributed by atoms with Gasteiger partial charge in [-0.15, -0.1) is 0 Å². The van der Waals surface area contributed by atoms with Gasteiger partial charge < -0.3 is 0 Å². The Bertz CT molecular complexity index is 350. The molecular formula is C8H2ClF6. The maximum absolute atomic E-state index is 12.8. The number of benzene rings is 1. The van der Waals surface area contributed by atoms with Crippen LogP contribution >= 0.6 is 11.6 Å². The number of halogens is 7. The van der Waals surface area contributed by atoms with Crippen molar-refractivity contribution in [2.75, 3.05) is 0 Å². The molecule has 1 aromatic rings. The van der Waals surface area contributed by atoms with Crippen molar-refractivity contribution in [1.29, 1.82) is 0 Å². The molecule has 1 radical (unpaired) electrons. The first-order chi connectivity index (χ1) is 6.68. The molecule has 0 amide bonds. The second-order valence-corrected chi connectivity index (χ2v) is 3.01. The summed E-state index contributed by atoms with van der Waals surface area (Å²) in [6.07, 6.45) is -5.89. The summed E-state index contributed by atoms with van der Waals surface area (Å²) in [4.78, 5) is 0. The van der Waals surface area contributed by atoms with Gasteiger partial charge in [0, 0.05) is 0 Å². The Hall–Kier alpha value is -0.910. The van der Waals surface area contributed by atoms with Crippen LogP contribution in [0.5, 0.6) is 0 Å². The van der Waals surface area contributed by atoms with E-state index in [4.69, 9.17) is 11.6 Å². The van der Waals surface area contributed by atoms with Crippen molar-refractivity contribution in [3.8, 4) is 0 Å². The molecule has 0 N–H and O–H groups in total. The largest absolute Gasteiger partial charge is 0.458 e. The fourth-order valence-corrected chi connectivity index (χ4v) is 1.16. The first kappa shape index (κ1) is 12.2. The van der Waals surface area contributed by atoms with E-state index in [0.717, 1.165) is 0 Å². The maximum atomic E-state index is 12.8. The highest BCUT2D eigenvalue weighted by Crippen LogP contribution is 2.46. The molecule has 7 heteroatoms. The van der Waals surface area contributed by atoms with Gasteiger partial charge in [-0.2, -0.15) is 22.0 Å². The molecule has 0 aliphatic heterocycles. The molecule has 0 saturated carbocycles. The predicted octanol–water partition coefficient (Wildman–Crippen LogP) is 3.93. The molecule has 0 nitrogen and oxygen atoms in total. The first-order valence-electron chi connectivity index (χ1n) is 3.48. The first-order valence-corrected chi connectivity index (χ1v) is 3.86. The van der Waals surface area contributed by atoms with E-state index in [-0.39, 0.29) is 0 Å². The summed E-state index contributed by atoms with van der Waals surface area (Å²) >= 11 is 5.07. The van der Waals surface area contributed by atoms with Crippen molar-refractivity contribution in [2.45, 2.75) is 12.1 Å². The van der Waals surface area contributed by atoms with Gasteiger partial charge in [0.2, 0.25) is 0 Å². The lowest BCUT2D eigenvalue weighted by molar-refractivity contribution is -0.290. The molecule has 0 unspecified atom stereocenters. The van der Waals surface area contributed by atoms with Crippen LogP contribution in [0.2, 0.25) is 5.02 Å². The minimum absolute atomic E-state index is 0.362. The zero-order valence-electron chi connectivity index (χ0n) is 6.80. The van der Waals surface area contributed by atoms with E-state index in [1.54, 1.807) is 0 Å². The second kappa shape index (κ2) is 3.59. The standard InChI is InChI=1S/C8H2ClF6/c9-4-2-1-3-5(10)6(4)7(11,12)8(13,14)15/h2-3H. The van der Waals surface area contributed by atoms with Gasteiger partial charge in [-0.25, -0.2) is 4.39 Å². The molecule has 83 valence electrons. The van der Waals surface area contributed by atoms with E-state index < -0.39 is 28.5 Å². The van der Waals surface area contributed by atoms with Crippen LogP contribution in [0.1, 0.15) is 5.56 Å². The summed E-state index contributed by atoms with van der Waals surface area (Å²) in [6.45, 7) is 0. The molecular weight excluding hydrogens is 246 g/mol. The van der Waals surface area contributed by atoms with Crippen LogP contribution in [0.4, 0.5) is 26.3 Å². The summed E-state index contributed by atoms with van der Waals surface area (Å²) in [5.74, 6) is -7.06. The molecule has 0 atom stereocenters. The smallest absolute Gasteiger partial charge is 0.206 e. The Morgan fingerprint density at radius 2 is 1.60 bits per heavy atom. The monoisotopic (exact) mass is 247 g/mol. The third-order valence-electron chi connectivity index (χ3n) is 1.57. The molecule has 0 heterocycles. The van der Waals surface area contributed by atoms with Crippen molar-refractivity contribution in [3.05, 3.63) is 34.6 Å². The van der Waals surface area contributed by atoms with Gasteiger partial charge in [-0.3, -0.25) is 0 Å². The van der Waals surface area contributed by atoms with Gasteiger partial charge in [0.25, 0.3) is 0 Å². The third-order valence-corrected chi connectivity index (χ3v) is 1.87. The van der Waals surface area contributed by atoms with Gasteiger partial charge >= 0.3 is 12.1 Å². The van der Waals surface area contributed by atoms with Crippen LogP contribution in [0.25, 0.3) is 0 Å². The number of hydrogen-bond donors (Lipinski definition) is 0. The van der Waals surface area contributed by atoms with Crippen LogP contribution in [0.3, 0.4) is 0 Å². The van der Waals surface area contributed by atoms with E-state index in [9.17, 15) is 26.3 Å². The molecule has 0 aliphatic carbocycles. The highest BCUT2D eigenvalue weighted by molar-refractivity contribution is 6.31. The Balaban J connectivity index is 3.39. The van der Waals surface area contributed by atoms with E-state index >= 15 is 0 Å². The number of hydrogen-bond acceptors (Lipinski definition) is 0. The maximum Gasteiger partial charge on any atom is 0.458 e. The van der Waals surface area contributed by atoms with Crippen LogP contribution in [0, 0.1) is 11.9 Å². The average molecular weight is 248 g/mol. The number of rotatable bonds is 1. The Morgan fingerprint density at radius 1 is 1.07 bits per heavy atom. The van der Waals surface area contributed by atoms with Gasteiger partial charge in [0.05, 0.1) is 10.6 Å². The van der Waals surface area contributed by atoms with E-state index in [0.29, 0.717) is 12.1 Å². The average Bonchev–Trinajstić information content (AvgIpc) is 2.00. The van der Waals surface area contributed by atoms with Crippen LogP contribution in [-0.4, -0.2) is 6.18 Å². The van der Waals surface area contributed by atoms with Crippen molar-refractivity contribution in [1.82, 2.24) is 0 Å². The summed E-state index contributed by atoms with van der Waals surface area (Å²) in [5.41, 5.74) is -1.88. The fraction of sp³-hybridized carbons (Fsp3) is 0.250. The minimum atomic E-state index is -5.89. The van der Waals surface area contributed by atoms with Gasteiger partial charge in [-0.1, -0.05) is 11.6 Å². The molecule has 1 rings (SSSR count). The highest BCUT2D eigenvalue weighted by Gasteiger charge is 2.60. The second-order valence-electron chi connectivity index (χ2n) is 2.60. The van der Waals surface area contributed by atoms with E-state index in [1.165, 1.54) is 0 Å². The highest BCUT2D eigenvalue weighted by atomic mass is 35.5. The zero-order valence-corrected chi connectivity index (χ0v) is 7.56. The van der Waals surface area contributed by atoms with Crippen molar-refractivity contribution >= 4 is 11.6 Å². The Labute approximate surface area is 85.5 Å². The molecule has 0 aliphatic rings. The lowest BCUT2D eigenvalue weighted by Gasteiger charge is -2.21. The third kappa shape index (κ3) is 2.04. The lowest BCUT2D eigenvalue weighted by Crippen LogP contribution is -2.34. The zero-order chi connectivity index (χ0) is 11.9. The molecule has 0 spiro atoms. The van der Waals surface area contributed by atoms with Crippen LogP contribution in [0.15, 0.2) is 12.1 Å².